The van der Waals surface area contributed by atoms with Gasteiger partial charge in [0, 0.05) is 19.7 Å². The lowest BCUT2D eigenvalue weighted by Gasteiger charge is -2.21. The quantitative estimate of drug-likeness (QED) is 0.784. The molecule has 134 valence electrons. The predicted octanol–water partition coefficient (Wildman–Crippen LogP) is 2.30. The fourth-order valence-corrected chi connectivity index (χ4v) is 3.48. The minimum absolute atomic E-state index is 0.126. The van der Waals surface area contributed by atoms with Crippen LogP contribution in [0.4, 0.5) is 4.39 Å². The standard InChI is InChI=1S/C17H18FNO5S/c1-19(8-9-22-14-4-2-13(18)3-5-14)25(20,21)15-6-7-16-17(12-15)24-11-10-23-16/h2-7,12H,8-11H2,1H3. The van der Waals surface area contributed by atoms with Gasteiger partial charge in [-0.15, -0.1) is 0 Å². The maximum Gasteiger partial charge on any atom is 0.243 e. The third kappa shape index (κ3) is 4.02. The molecule has 0 saturated carbocycles. The van der Waals surface area contributed by atoms with Crippen LogP contribution in [0.5, 0.6) is 17.2 Å². The van der Waals surface area contributed by atoms with Gasteiger partial charge in [-0.25, -0.2) is 12.8 Å². The van der Waals surface area contributed by atoms with Crippen molar-refractivity contribution in [3.05, 3.63) is 48.3 Å². The van der Waals surface area contributed by atoms with Crippen molar-refractivity contribution in [1.29, 1.82) is 0 Å². The Morgan fingerprint density at radius 1 is 1.08 bits per heavy atom. The van der Waals surface area contributed by atoms with E-state index in [0.717, 1.165) is 0 Å². The number of halogens is 1. The van der Waals surface area contributed by atoms with Gasteiger partial charge in [0.15, 0.2) is 11.5 Å². The monoisotopic (exact) mass is 367 g/mol. The molecule has 0 fully saturated rings. The van der Waals surface area contributed by atoms with Gasteiger partial charge in [-0.1, -0.05) is 0 Å². The van der Waals surface area contributed by atoms with Crippen molar-refractivity contribution in [2.24, 2.45) is 0 Å². The van der Waals surface area contributed by atoms with Crippen LogP contribution < -0.4 is 14.2 Å². The van der Waals surface area contributed by atoms with E-state index < -0.39 is 10.0 Å². The Hall–Kier alpha value is -2.32. The van der Waals surface area contributed by atoms with Crippen LogP contribution in [0.1, 0.15) is 0 Å². The van der Waals surface area contributed by atoms with Crippen molar-refractivity contribution < 1.29 is 27.0 Å². The average molecular weight is 367 g/mol. The molecule has 0 aliphatic carbocycles. The Labute approximate surface area is 145 Å². The Bertz CT molecular complexity index is 839. The minimum Gasteiger partial charge on any atom is -0.492 e. The lowest BCUT2D eigenvalue weighted by molar-refractivity contribution is 0.171. The van der Waals surface area contributed by atoms with Gasteiger partial charge in [0.25, 0.3) is 0 Å². The second-order valence-corrected chi connectivity index (χ2v) is 7.48. The molecule has 0 bridgehead atoms. The van der Waals surface area contributed by atoms with E-state index in [4.69, 9.17) is 14.2 Å². The summed E-state index contributed by atoms with van der Waals surface area (Å²) >= 11 is 0. The summed E-state index contributed by atoms with van der Waals surface area (Å²) in [4.78, 5) is 0.126. The summed E-state index contributed by atoms with van der Waals surface area (Å²) in [5.74, 6) is 1.08. The fraction of sp³-hybridized carbons (Fsp3) is 0.294. The second kappa shape index (κ2) is 7.28. The number of likely N-dealkylation sites (N-methyl/N-ethyl adjacent to an activating group) is 1. The van der Waals surface area contributed by atoms with Crippen LogP contribution in [0, 0.1) is 5.82 Å². The third-order valence-electron chi connectivity index (χ3n) is 3.71. The van der Waals surface area contributed by atoms with E-state index in [0.29, 0.717) is 30.5 Å². The van der Waals surface area contributed by atoms with Crippen LogP contribution in [0.3, 0.4) is 0 Å². The molecule has 2 aromatic rings. The van der Waals surface area contributed by atoms with Crippen molar-refractivity contribution in [3.8, 4) is 17.2 Å². The molecule has 3 rings (SSSR count). The van der Waals surface area contributed by atoms with Crippen LogP contribution in [-0.2, 0) is 10.0 Å². The van der Waals surface area contributed by atoms with E-state index in [-0.39, 0.29) is 23.9 Å². The lowest BCUT2D eigenvalue weighted by Crippen LogP contribution is -2.31. The number of fused-ring (bicyclic) bond motifs is 1. The maximum atomic E-state index is 12.8. The van der Waals surface area contributed by atoms with Gasteiger partial charge in [0.1, 0.15) is 31.4 Å². The molecule has 0 aromatic heterocycles. The summed E-state index contributed by atoms with van der Waals surface area (Å²) in [5.41, 5.74) is 0. The Kier molecular flexibility index (Phi) is 5.10. The number of hydrogen-bond donors (Lipinski definition) is 0. The highest BCUT2D eigenvalue weighted by Gasteiger charge is 2.23. The zero-order valence-electron chi connectivity index (χ0n) is 13.6. The van der Waals surface area contributed by atoms with E-state index in [2.05, 4.69) is 0 Å². The SMILES string of the molecule is CN(CCOc1ccc(F)cc1)S(=O)(=O)c1ccc2c(c1)OCCO2. The number of hydrogen-bond acceptors (Lipinski definition) is 5. The first-order valence-electron chi connectivity index (χ1n) is 7.71. The highest BCUT2D eigenvalue weighted by Crippen LogP contribution is 2.32. The van der Waals surface area contributed by atoms with Crippen LogP contribution >= 0.6 is 0 Å². The molecule has 1 aliphatic rings. The molecule has 0 radical (unpaired) electrons. The number of rotatable bonds is 6. The predicted molar refractivity (Wildman–Crippen MR) is 89.1 cm³/mol. The zero-order chi connectivity index (χ0) is 17.9. The first kappa shape index (κ1) is 17.5. The first-order chi connectivity index (χ1) is 12.0. The van der Waals surface area contributed by atoms with Crippen molar-refractivity contribution in [3.63, 3.8) is 0 Å². The second-order valence-electron chi connectivity index (χ2n) is 5.43. The fourth-order valence-electron chi connectivity index (χ4n) is 2.31. The molecule has 8 heteroatoms. The summed E-state index contributed by atoms with van der Waals surface area (Å²) in [5, 5.41) is 0. The molecule has 0 saturated heterocycles. The molecular weight excluding hydrogens is 349 g/mol. The number of nitrogens with zero attached hydrogens (tertiary/aromatic N) is 1. The maximum absolute atomic E-state index is 12.8. The molecule has 0 unspecified atom stereocenters. The van der Waals surface area contributed by atoms with Crippen molar-refractivity contribution in [2.45, 2.75) is 4.90 Å². The molecule has 6 nitrogen and oxygen atoms in total. The number of benzene rings is 2. The van der Waals surface area contributed by atoms with Crippen LogP contribution in [0.15, 0.2) is 47.4 Å². The summed E-state index contributed by atoms with van der Waals surface area (Å²) in [7, 11) is -2.20. The van der Waals surface area contributed by atoms with Gasteiger partial charge in [-0.3, -0.25) is 0 Å². The van der Waals surface area contributed by atoms with E-state index in [1.54, 1.807) is 6.07 Å². The van der Waals surface area contributed by atoms with Gasteiger partial charge in [0.05, 0.1) is 4.90 Å². The van der Waals surface area contributed by atoms with Crippen LogP contribution in [0.25, 0.3) is 0 Å². The van der Waals surface area contributed by atoms with E-state index in [1.807, 2.05) is 0 Å². The summed E-state index contributed by atoms with van der Waals surface area (Å²) in [6, 6.07) is 10.1. The molecule has 2 aromatic carbocycles. The average Bonchev–Trinajstić information content (AvgIpc) is 2.62. The van der Waals surface area contributed by atoms with Gasteiger partial charge in [0.2, 0.25) is 10.0 Å². The molecular formula is C17H18FNO5S. The third-order valence-corrected chi connectivity index (χ3v) is 5.56. The number of sulfonamides is 1. The summed E-state index contributed by atoms with van der Waals surface area (Å²) in [6.07, 6.45) is 0. The van der Waals surface area contributed by atoms with Crippen molar-refractivity contribution in [2.75, 3.05) is 33.4 Å². The molecule has 25 heavy (non-hydrogen) atoms. The first-order valence-corrected chi connectivity index (χ1v) is 9.15. The van der Waals surface area contributed by atoms with Gasteiger partial charge in [-0.2, -0.15) is 4.31 Å². The number of ether oxygens (including phenoxy) is 3. The topological polar surface area (TPSA) is 65.1 Å². The highest BCUT2D eigenvalue weighted by atomic mass is 32.2. The smallest absolute Gasteiger partial charge is 0.243 e. The van der Waals surface area contributed by atoms with E-state index in [1.165, 1.54) is 47.8 Å². The lowest BCUT2D eigenvalue weighted by atomic mass is 10.3. The molecule has 0 N–H and O–H groups in total. The van der Waals surface area contributed by atoms with Gasteiger partial charge in [-0.05, 0) is 36.4 Å². The molecule has 0 amide bonds. The summed E-state index contributed by atoms with van der Waals surface area (Å²) < 4.78 is 55.5. The highest BCUT2D eigenvalue weighted by molar-refractivity contribution is 7.89. The Morgan fingerprint density at radius 2 is 1.76 bits per heavy atom. The zero-order valence-corrected chi connectivity index (χ0v) is 14.5. The van der Waals surface area contributed by atoms with Crippen LogP contribution in [0.2, 0.25) is 0 Å². The Balaban J connectivity index is 1.64. The minimum atomic E-state index is -3.68. The van der Waals surface area contributed by atoms with Gasteiger partial charge >= 0.3 is 0 Å². The normalized spacial score (nSPS) is 13.7. The Morgan fingerprint density at radius 3 is 2.48 bits per heavy atom. The van der Waals surface area contributed by atoms with Crippen molar-refractivity contribution in [1.82, 2.24) is 4.31 Å². The van der Waals surface area contributed by atoms with E-state index in [9.17, 15) is 12.8 Å². The van der Waals surface area contributed by atoms with Crippen LogP contribution in [-0.4, -0.2) is 46.1 Å². The molecule has 0 spiro atoms. The van der Waals surface area contributed by atoms with Gasteiger partial charge < -0.3 is 14.2 Å². The molecule has 1 aliphatic heterocycles. The molecule has 0 atom stereocenters. The van der Waals surface area contributed by atoms with Crippen molar-refractivity contribution >= 4 is 10.0 Å². The van der Waals surface area contributed by atoms with E-state index >= 15 is 0 Å². The molecule has 1 heterocycles. The largest absolute Gasteiger partial charge is 0.492 e. The summed E-state index contributed by atoms with van der Waals surface area (Å²) in [6.45, 7) is 1.12.